The Kier molecular flexibility index (Phi) is 7.82. The van der Waals surface area contributed by atoms with Crippen molar-refractivity contribution < 1.29 is 35.9 Å². The molecule has 38 heavy (non-hydrogen) atoms. The normalized spacial score (nSPS) is 12.3. The molecule has 0 amide bonds. The maximum absolute atomic E-state index is 13.0. The molecule has 0 atom stereocenters. The molecule has 4 rings (SSSR count). The SMILES string of the molecule is CCCCc1nc(Cl)c(C(=O)O)n1Cc1ccc2oc(-c3ccccc3NS(=O)(=O)C(F)(F)F)c(Br)c2c1. The van der Waals surface area contributed by atoms with Crippen LogP contribution in [0, 0.1) is 0 Å². The van der Waals surface area contributed by atoms with Gasteiger partial charge in [-0.15, -0.1) is 0 Å². The minimum absolute atomic E-state index is 0.0846. The Hall–Kier alpha value is -3.03. The number of hydrogen-bond acceptors (Lipinski definition) is 5. The Bertz CT molecular complexity index is 1630. The summed E-state index contributed by atoms with van der Waals surface area (Å²) in [6, 6.07) is 10.6. The maximum Gasteiger partial charge on any atom is 0.516 e. The number of fused-ring (bicyclic) bond motifs is 1. The Morgan fingerprint density at radius 1 is 1.24 bits per heavy atom. The van der Waals surface area contributed by atoms with Crippen molar-refractivity contribution in [2.45, 2.75) is 38.2 Å². The number of rotatable bonds is 9. The van der Waals surface area contributed by atoms with Crippen LogP contribution in [0.2, 0.25) is 5.15 Å². The van der Waals surface area contributed by atoms with Gasteiger partial charge in [0.25, 0.3) is 0 Å². The number of imidazole rings is 1. The minimum Gasteiger partial charge on any atom is -0.476 e. The van der Waals surface area contributed by atoms with Crippen molar-refractivity contribution >= 4 is 60.2 Å². The summed E-state index contributed by atoms with van der Waals surface area (Å²) in [7, 11) is -5.66. The number of sulfonamides is 1. The minimum atomic E-state index is -5.66. The number of carboxylic acid groups (broad SMARTS) is 1. The van der Waals surface area contributed by atoms with Crippen molar-refractivity contribution in [3.05, 3.63) is 69.2 Å². The number of hydrogen-bond donors (Lipinski definition) is 2. The predicted molar refractivity (Wildman–Crippen MR) is 140 cm³/mol. The molecule has 2 heterocycles. The van der Waals surface area contributed by atoms with Gasteiger partial charge in [-0.1, -0.05) is 43.1 Å². The number of para-hydroxylation sites is 1. The first kappa shape index (κ1) is 28.0. The van der Waals surface area contributed by atoms with E-state index in [0.717, 1.165) is 12.8 Å². The summed E-state index contributed by atoms with van der Waals surface area (Å²) in [5, 5.41) is 10.1. The molecule has 0 saturated heterocycles. The molecule has 0 radical (unpaired) electrons. The van der Waals surface area contributed by atoms with Gasteiger partial charge in [0.15, 0.2) is 16.6 Å². The number of aromatic carboxylic acids is 1. The lowest BCUT2D eigenvalue weighted by Gasteiger charge is -2.13. The molecule has 0 saturated carbocycles. The molecule has 0 aliphatic heterocycles. The van der Waals surface area contributed by atoms with Crippen molar-refractivity contribution in [1.82, 2.24) is 9.55 Å². The summed E-state index contributed by atoms with van der Waals surface area (Å²) < 4.78 is 71.7. The van der Waals surface area contributed by atoms with Crippen LogP contribution in [0.15, 0.2) is 51.4 Å². The summed E-state index contributed by atoms with van der Waals surface area (Å²) in [5.74, 6) is -0.568. The fourth-order valence-electron chi connectivity index (χ4n) is 3.91. The average Bonchev–Trinajstić information content (AvgIpc) is 3.33. The number of anilines is 1. The number of furan rings is 1. The molecular formula is C24H20BrClF3N3O5S. The fourth-order valence-corrected chi connectivity index (χ4v) is 5.38. The van der Waals surface area contributed by atoms with E-state index in [9.17, 15) is 31.5 Å². The molecule has 2 aromatic carbocycles. The smallest absolute Gasteiger partial charge is 0.476 e. The van der Waals surface area contributed by atoms with Gasteiger partial charge in [-0.25, -0.2) is 9.78 Å². The second-order valence-corrected chi connectivity index (χ2v) is 11.2. The monoisotopic (exact) mass is 633 g/mol. The van der Waals surface area contributed by atoms with E-state index in [2.05, 4.69) is 20.9 Å². The number of nitrogens with zero attached hydrogens (tertiary/aromatic N) is 2. The van der Waals surface area contributed by atoms with Gasteiger partial charge < -0.3 is 14.1 Å². The highest BCUT2D eigenvalue weighted by Crippen LogP contribution is 2.42. The van der Waals surface area contributed by atoms with Crippen LogP contribution in [-0.2, 0) is 23.0 Å². The van der Waals surface area contributed by atoms with Crippen LogP contribution in [-0.4, -0.2) is 34.6 Å². The molecule has 0 spiro atoms. The molecule has 0 aliphatic carbocycles. The standard InChI is InChI=1S/C24H20BrClF3N3O5S/c1-2-3-8-18-30-22(26)20(23(33)34)32(18)12-13-9-10-17-15(11-13)19(25)21(37-17)14-6-4-5-7-16(14)31-38(35,36)24(27,28)29/h4-7,9-11,31H,2-3,8,12H2,1H3,(H,33,34). The van der Waals surface area contributed by atoms with Gasteiger partial charge in [0.2, 0.25) is 0 Å². The number of nitrogens with one attached hydrogen (secondary N) is 1. The number of carboxylic acids is 1. The van der Waals surface area contributed by atoms with E-state index in [0.29, 0.717) is 33.3 Å². The highest BCUT2D eigenvalue weighted by molar-refractivity contribution is 9.10. The molecule has 2 aromatic heterocycles. The second kappa shape index (κ2) is 10.6. The van der Waals surface area contributed by atoms with E-state index in [4.69, 9.17) is 16.0 Å². The summed E-state index contributed by atoms with van der Waals surface area (Å²) in [6.07, 6.45) is 2.21. The van der Waals surface area contributed by atoms with E-state index >= 15 is 0 Å². The quantitative estimate of drug-likeness (QED) is 0.204. The van der Waals surface area contributed by atoms with Gasteiger partial charge in [-0.3, -0.25) is 4.72 Å². The summed E-state index contributed by atoms with van der Waals surface area (Å²) in [6.45, 7) is 2.15. The first-order valence-corrected chi connectivity index (χ1v) is 13.9. The van der Waals surface area contributed by atoms with Gasteiger partial charge in [0, 0.05) is 23.9 Å². The summed E-state index contributed by atoms with van der Waals surface area (Å²) in [4.78, 5) is 16.1. The average molecular weight is 635 g/mol. The Morgan fingerprint density at radius 2 is 1.95 bits per heavy atom. The number of unbranched alkanes of at least 4 members (excludes halogenated alkanes) is 1. The van der Waals surface area contributed by atoms with Crippen LogP contribution in [0.1, 0.15) is 41.6 Å². The number of aryl methyl sites for hydroxylation is 1. The molecule has 0 aliphatic rings. The Balaban J connectivity index is 1.75. The molecule has 4 aromatic rings. The van der Waals surface area contributed by atoms with Gasteiger partial charge in [-0.05, 0) is 52.2 Å². The van der Waals surface area contributed by atoms with Crippen molar-refractivity contribution in [2.24, 2.45) is 0 Å². The second-order valence-electron chi connectivity index (χ2n) is 8.33. The third kappa shape index (κ3) is 5.40. The van der Waals surface area contributed by atoms with E-state index in [1.807, 2.05) is 6.92 Å². The predicted octanol–water partition coefficient (Wildman–Crippen LogP) is 7.06. The van der Waals surface area contributed by atoms with Crippen LogP contribution in [0.5, 0.6) is 0 Å². The Labute approximate surface area is 228 Å². The van der Waals surface area contributed by atoms with E-state index < -0.39 is 21.5 Å². The number of halogens is 5. The van der Waals surface area contributed by atoms with Crippen LogP contribution in [0.4, 0.5) is 18.9 Å². The number of aromatic nitrogens is 2. The molecule has 2 N–H and O–H groups in total. The van der Waals surface area contributed by atoms with Gasteiger partial charge >= 0.3 is 21.5 Å². The lowest BCUT2D eigenvalue weighted by Crippen LogP contribution is -2.30. The summed E-state index contributed by atoms with van der Waals surface area (Å²) in [5.41, 5.74) is -4.80. The van der Waals surface area contributed by atoms with Crippen LogP contribution < -0.4 is 4.72 Å². The van der Waals surface area contributed by atoms with Crippen molar-refractivity contribution in [2.75, 3.05) is 4.72 Å². The number of alkyl halides is 3. The highest BCUT2D eigenvalue weighted by atomic mass is 79.9. The number of carbonyl (C=O) groups is 1. The third-order valence-corrected chi connectivity index (χ3v) is 7.86. The first-order chi connectivity index (χ1) is 17.8. The lowest BCUT2D eigenvalue weighted by atomic mass is 10.1. The van der Waals surface area contributed by atoms with E-state index in [1.165, 1.54) is 28.8 Å². The topological polar surface area (TPSA) is 114 Å². The van der Waals surface area contributed by atoms with Crippen LogP contribution >= 0.6 is 27.5 Å². The molecule has 202 valence electrons. The van der Waals surface area contributed by atoms with Crippen molar-refractivity contribution in [3.8, 4) is 11.3 Å². The zero-order valence-corrected chi connectivity index (χ0v) is 22.8. The maximum atomic E-state index is 13.0. The highest BCUT2D eigenvalue weighted by Gasteiger charge is 2.46. The van der Waals surface area contributed by atoms with Gasteiger partial charge in [-0.2, -0.15) is 21.6 Å². The molecule has 0 bridgehead atoms. The number of benzene rings is 2. The Morgan fingerprint density at radius 3 is 2.61 bits per heavy atom. The molecule has 14 heteroatoms. The van der Waals surface area contributed by atoms with Crippen LogP contribution in [0.25, 0.3) is 22.3 Å². The molecule has 0 unspecified atom stereocenters. The fraction of sp³-hybridized carbons (Fsp3) is 0.250. The molecular weight excluding hydrogens is 615 g/mol. The zero-order chi connectivity index (χ0) is 27.8. The largest absolute Gasteiger partial charge is 0.516 e. The van der Waals surface area contributed by atoms with Crippen molar-refractivity contribution in [1.29, 1.82) is 0 Å². The van der Waals surface area contributed by atoms with E-state index in [-0.39, 0.29) is 34.4 Å². The van der Waals surface area contributed by atoms with E-state index in [1.54, 1.807) is 22.9 Å². The lowest BCUT2D eigenvalue weighted by molar-refractivity contribution is -0.0429. The van der Waals surface area contributed by atoms with Gasteiger partial charge in [0.1, 0.15) is 11.4 Å². The van der Waals surface area contributed by atoms with Gasteiger partial charge in [0.05, 0.1) is 10.2 Å². The van der Waals surface area contributed by atoms with Crippen molar-refractivity contribution in [3.63, 3.8) is 0 Å². The first-order valence-electron chi connectivity index (χ1n) is 11.2. The third-order valence-electron chi connectivity index (χ3n) is 5.71. The molecule has 0 fully saturated rings. The summed E-state index contributed by atoms with van der Waals surface area (Å²) >= 11 is 9.54. The zero-order valence-electron chi connectivity index (χ0n) is 19.6. The van der Waals surface area contributed by atoms with Crippen LogP contribution in [0.3, 0.4) is 0 Å². The molecule has 8 nitrogen and oxygen atoms in total.